The van der Waals surface area contributed by atoms with Crippen LogP contribution in [0.5, 0.6) is 0 Å². The van der Waals surface area contributed by atoms with Crippen LogP contribution in [-0.2, 0) is 0 Å². The number of rotatable bonds is 34. The first-order valence-electron chi connectivity index (χ1n) is 27.7. The maximum Gasteiger partial charge on any atom is 0.166 e. The van der Waals surface area contributed by atoms with E-state index in [9.17, 15) is 19.2 Å². The van der Waals surface area contributed by atoms with Crippen molar-refractivity contribution in [2.24, 2.45) is 0 Å². The van der Waals surface area contributed by atoms with Crippen molar-refractivity contribution < 1.29 is 19.2 Å². The molecule has 0 fully saturated rings. The van der Waals surface area contributed by atoms with Gasteiger partial charge in [-0.2, -0.15) is 20.4 Å². The van der Waals surface area contributed by atoms with Gasteiger partial charge in [0.2, 0.25) is 0 Å². The fraction of sp³-hybridized carbons (Fsp3) is 0.467. The molecule has 0 saturated carbocycles. The van der Waals surface area contributed by atoms with E-state index < -0.39 is 0 Å². The molecule has 0 radical (unpaired) electrons. The molecular weight excluding hydrogens is 925 g/mol. The molecule has 0 aliphatic rings. The fourth-order valence-electron chi connectivity index (χ4n) is 9.16. The summed E-state index contributed by atoms with van der Waals surface area (Å²) in [5, 5.41) is 18.4. The molecule has 1 aromatic carbocycles. The molecule has 390 valence electrons. The second-order valence-electron chi connectivity index (χ2n) is 19.8. The summed E-state index contributed by atoms with van der Waals surface area (Å²) in [5.41, 5.74) is 5.55. The Morgan fingerprint density at radius 2 is 0.554 bits per heavy atom. The highest BCUT2D eigenvalue weighted by atomic mass is 16.1. The van der Waals surface area contributed by atoms with Crippen molar-refractivity contribution in [3.63, 3.8) is 0 Å². The molecule has 0 atom stereocenters. The first kappa shape index (κ1) is 54.8. The summed E-state index contributed by atoms with van der Waals surface area (Å²) in [6.45, 7) is 8.72. The molecule has 0 unspecified atom stereocenters. The predicted octanol–water partition coefficient (Wildman–Crippen LogP) is 14.7. The molecule has 0 N–H and O–H groups in total. The summed E-state index contributed by atoms with van der Waals surface area (Å²) in [7, 11) is 0. The van der Waals surface area contributed by atoms with Gasteiger partial charge in [0.25, 0.3) is 0 Å². The number of carbonyl (C=O) groups is 4. The third-order valence-corrected chi connectivity index (χ3v) is 13.7. The maximum absolute atomic E-state index is 13.3. The Labute approximate surface area is 437 Å². The lowest BCUT2D eigenvalue weighted by atomic mass is 10.0. The van der Waals surface area contributed by atoms with Crippen LogP contribution in [0.15, 0.2) is 98.1 Å². The van der Waals surface area contributed by atoms with Crippen molar-refractivity contribution >= 4 is 23.1 Å². The molecule has 6 aromatic heterocycles. The molecule has 7 aromatic rings. The van der Waals surface area contributed by atoms with E-state index >= 15 is 0 Å². The largest absolute Gasteiger partial charge is 0.294 e. The standard InChI is InChI=1S/C60H76N10O4/c1-5-9-13-17-21-25-53(71)49-37-61-67(41-49)57-33-47(34-58(65-57)68-42-50(38-62-68)54(72)26-22-18-14-10-6-2)45-29-31-46(32-30-45)48-35-59(69-43-51(39-63-69)55(73)27-23-19-15-11-7-3)66-60(36-48)70-44-52(40-64-70)56(74)28-24-20-16-12-8-4/h29-44H,5-28H2,1-4H3. The number of hydrogen-bond acceptors (Lipinski definition) is 10. The molecule has 6 heterocycles. The lowest BCUT2D eigenvalue weighted by molar-refractivity contribution is 0.0971. The van der Waals surface area contributed by atoms with Crippen LogP contribution < -0.4 is 0 Å². The third kappa shape index (κ3) is 15.5. The van der Waals surface area contributed by atoms with Crippen LogP contribution in [0, 0.1) is 0 Å². The van der Waals surface area contributed by atoms with Crippen molar-refractivity contribution in [1.29, 1.82) is 0 Å². The van der Waals surface area contributed by atoms with E-state index in [1.807, 2.05) is 48.5 Å². The SMILES string of the molecule is CCCCCCCC(=O)c1cnn(-c2cc(-c3ccc(-c4cc(-n5cc(C(=O)CCCCCCC)cn5)nc(-n5cc(C(=O)CCCCCCC)cn5)c4)cc3)cc(-n3cc(C(=O)CCCCCCC)cn3)n2)c1. The van der Waals surface area contributed by atoms with Crippen LogP contribution in [0.4, 0.5) is 0 Å². The fourth-order valence-corrected chi connectivity index (χ4v) is 9.16. The van der Waals surface area contributed by atoms with Crippen molar-refractivity contribution in [2.75, 3.05) is 0 Å². The second-order valence-corrected chi connectivity index (χ2v) is 19.8. The first-order chi connectivity index (χ1) is 36.2. The van der Waals surface area contributed by atoms with E-state index in [4.69, 9.17) is 9.97 Å². The van der Waals surface area contributed by atoms with Gasteiger partial charge in [0.15, 0.2) is 46.4 Å². The zero-order valence-corrected chi connectivity index (χ0v) is 44.3. The normalized spacial score (nSPS) is 11.4. The topological polar surface area (TPSA) is 165 Å². The first-order valence-corrected chi connectivity index (χ1v) is 27.7. The summed E-state index contributed by atoms with van der Waals surface area (Å²) in [4.78, 5) is 63.0. The highest BCUT2D eigenvalue weighted by Crippen LogP contribution is 2.30. The highest BCUT2D eigenvalue weighted by Gasteiger charge is 2.18. The summed E-state index contributed by atoms with van der Waals surface area (Å²) >= 11 is 0. The number of ketones is 4. The van der Waals surface area contributed by atoms with Crippen LogP contribution in [-0.4, -0.2) is 72.2 Å². The zero-order chi connectivity index (χ0) is 52.1. The average molecular weight is 1000 g/mol. The Kier molecular flexibility index (Phi) is 21.1. The van der Waals surface area contributed by atoms with E-state index in [0.717, 1.165) is 125 Å². The van der Waals surface area contributed by atoms with E-state index in [2.05, 4.69) is 48.1 Å². The Morgan fingerprint density at radius 3 is 0.784 bits per heavy atom. The van der Waals surface area contributed by atoms with Gasteiger partial charge in [0.05, 0.1) is 47.0 Å². The summed E-state index contributed by atoms with van der Waals surface area (Å²) < 4.78 is 6.51. The minimum Gasteiger partial charge on any atom is -0.294 e. The van der Waals surface area contributed by atoms with Gasteiger partial charge >= 0.3 is 0 Å². The molecule has 0 saturated heterocycles. The van der Waals surface area contributed by atoms with Gasteiger partial charge in [-0.15, -0.1) is 0 Å². The lowest BCUT2D eigenvalue weighted by Crippen LogP contribution is -2.06. The Balaban J connectivity index is 1.19. The number of pyridine rings is 2. The van der Waals surface area contributed by atoms with E-state index in [0.29, 0.717) is 71.2 Å². The van der Waals surface area contributed by atoms with Gasteiger partial charge < -0.3 is 0 Å². The Morgan fingerprint density at radius 1 is 0.324 bits per heavy atom. The van der Waals surface area contributed by atoms with Crippen molar-refractivity contribution in [3.8, 4) is 45.5 Å². The van der Waals surface area contributed by atoms with Gasteiger partial charge in [-0.05, 0) is 72.2 Å². The number of unbranched alkanes of at least 4 members (excludes halogenated alkanes) is 16. The second kappa shape index (κ2) is 28.5. The number of benzene rings is 1. The average Bonchev–Trinajstić information content (AvgIpc) is 4.29. The minimum absolute atomic E-state index is 0.0522. The smallest absolute Gasteiger partial charge is 0.166 e. The van der Waals surface area contributed by atoms with Gasteiger partial charge in [-0.1, -0.05) is 155 Å². The van der Waals surface area contributed by atoms with Crippen molar-refractivity contribution in [3.05, 3.63) is 120 Å². The molecule has 0 aliphatic heterocycles. The number of nitrogens with zero attached hydrogens (tertiary/aromatic N) is 10. The van der Waals surface area contributed by atoms with Crippen LogP contribution in [0.2, 0.25) is 0 Å². The minimum atomic E-state index is 0.0522. The van der Waals surface area contributed by atoms with Crippen LogP contribution in [0.1, 0.15) is 223 Å². The number of hydrogen-bond donors (Lipinski definition) is 0. The third-order valence-electron chi connectivity index (χ3n) is 13.7. The predicted molar refractivity (Wildman–Crippen MR) is 292 cm³/mol. The number of Topliss-reactive ketones (excluding diaryl/α,β-unsaturated/α-hetero) is 4. The van der Waals surface area contributed by atoms with Gasteiger partial charge in [0.1, 0.15) is 0 Å². The molecule has 0 aliphatic carbocycles. The van der Waals surface area contributed by atoms with Gasteiger partial charge in [-0.3, -0.25) is 19.2 Å². The monoisotopic (exact) mass is 1000 g/mol. The summed E-state index contributed by atoms with van der Waals surface area (Å²) in [6, 6.07) is 15.8. The quantitative estimate of drug-likeness (QED) is 0.0280. The maximum atomic E-state index is 13.3. The molecule has 14 nitrogen and oxygen atoms in total. The summed E-state index contributed by atoms with van der Waals surface area (Å²) in [6.07, 6.45) is 36.5. The van der Waals surface area contributed by atoms with Crippen molar-refractivity contribution in [2.45, 2.75) is 182 Å². The van der Waals surface area contributed by atoms with E-state index in [1.54, 1.807) is 68.3 Å². The van der Waals surface area contributed by atoms with Crippen molar-refractivity contribution in [1.82, 2.24) is 49.1 Å². The highest BCUT2D eigenvalue weighted by molar-refractivity contribution is 5.97. The van der Waals surface area contributed by atoms with Gasteiger partial charge in [-0.25, -0.2) is 28.7 Å². The molecule has 7 rings (SSSR count). The number of carbonyl (C=O) groups excluding carboxylic acids is 4. The Hall–Kier alpha value is -6.96. The lowest BCUT2D eigenvalue weighted by Gasteiger charge is -2.12. The number of aromatic nitrogens is 10. The summed E-state index contributed by atoms with van der Waals surface area (Å²) in [5.74, 6) is 2.18. The van der Waals surface area contributed by atoms with Crippen LogP contribution >= 0.6 is 0 Å². The van der Waals surface area contributed by atoms with Gasteiger partial charge in [0, 0.05) is 50.5 Å². The van der Waals surface area contributed by atoms with E-state index in [-0.39, 0.29) is 23.1 Å². The molecule has 14 heteroatoms. The Bertz CT molecular complexity index is 2540. The molecule has 0 spiro atoms. The molecule has 0 amide bonds. The molecule has 74 heavy (non-hydrogen) atoms. The van der Waals surface area contributed by atoms with Crippen LogP contribution in [0.3, 0.4) is 0 Å². The van der Waals surface area contributed by atoms with Crippen LogP contribution in [0.25, 0.3) is 45.5 Å². The zero-order valence-electron chi connectivity index (χ0n) is 44.3. The van der Waals surface area contributed by atoms with E-state index in [1.165, 1.54) is 25.7 Å². The molecular formula is C60H76N10O4. The molecule has 0 bridgehead atoms.